The van der Waals surface area contributed by atoms with Crippen LogP contribution in [0.3, 0.4) is 0 Å². The molecule has 5 rings (SSSR count). The fourth-order valence-corrected chi connectivity index (χ4v) is 7.83. The number of amides is 4. The van der Waals surface area contributed by atoms with Gasteiger partial charge in [0, 0.05) is 24.3 Å². The summed E-state index contributed by atoms with van der Waals surface area (Å²) in [7, 11) is 0. The Kier molecular flexibility index (Phi) is 9.97. The number of hydrogen-bond acceptors (Lipinski definition) is 7. The predicted octanol–water partition coefficient (Wildman–Crippen LogP) is 6.04. The molecule has 1 aromatic carbocycles. The molecule has 1 aliphatic heterocycles. The first-order valence-corrected chi connectivity index (χ1v) is 17.1. The highest BCUT2D eigenvalue weighted by Crippen LogP contribution is 2.40. The van der Waals surface area contributed by atoms with Gasteiger partial charge in [0.1, 0.15) is 17.1 Å². The Balaban J connectivity index is 1.34. The number of rotatable bonds is 9. The smallest absolute Gasteiger partial charge is 0.257 e. The number of pyridine rings is 1. The number of imide groups is 1. The number of aryl methyl sites for hydroxylation is 1. The second-order valence-electron chi connectivity index (χ2n) is 13.2. The molecule has 10 heteroatoms. The van der Waals surface area contributed by atoms with Gasteiger partial charge in [-0.2, -0.15) is 5.26 Å². The maximum absolute atomic E-state index is 14.0. The minimum absolute atomic E-state index is 0.0336. The molecule has 0 bridgehead atoms. The van der Waals surface area contributed by atoms with E-state index in [0.29, 0.717) is 27.9 Å². The number of nitrogens with one attached hydrogen (secondary N) is 1. The highest BCUT2D eigenvalue weighted by molar-refractivity contribution is 8.00. The number of carbonyl (C=O) groups is 4. The Morgan fingerprint density at radius 3 is 2.47 bits per heavy atom. The van der Waals surface area contributed by atoms with Crippen molar-refractivity contribution in [2.24, 2.45) is 11.3 Å². The molecule has 45 heavy (non-hydrogen) atoms. The summed E-state index contributed by atoms with van der Waals surface area (Å²) in [5.74, 6) is -0.626. The third kappa shape index (κ3) is 7.09. The molecule has 0 radical (unpaired) electrons. The van der Waals surface area contributed by atoms with Crippen LogP contribution < -0.4 is 10.2 Å². The zero-order valence-corrected chi connectivity index (χ0v) is 27.5. The van der Waals surface area contributed by atoms with Crippen LogP contribution in [-0.2, 0) is 32.0 Å². The van der Waals surface area contributed by atoms with Gasteiger partial charge in [0.25, 0.3) is 5.91 Å². The lowest BCUT2D eigenvalue weighted by Crippen LogP contribution is -2.52. The summed E-state index contributed by atoms with van der Waals surface area (Å²) < 4.78 is 0. The van der Waals surface area contributed by atoms with E-state index in [2.05, 4.69) is 32.2 Å². The van der Waals surface area contributed by atoms with E-state index in [4.69, 9.17) is 4.98 Å². The molecule has 1 N–H and O–H groups in total. The molecule has 2 heterocycles. The molecule has 0 spiro atoms. The number of fused-ring (bicyclic) bond motifs is 1. The van der Waals surface area contributed by atoms with Gasteiger partial charge in [-0.1, -0.05) is 58.2 Å². The lowest BCUT2D eigenvalue weighted by atomic mass is 9.69. The fraction of sp³-hybridized carbons (Fsp3) is 0.543. The molecule has 1 saturated heterocycles. The first-order valence-electron chi connectivity index (χ1n) is 16.1. The Morgan fingerprint density at radius 2 is 1.82 bits per heavy atom. The van der Waals surface area contributed by atoms with Gasteiger partial charge in [0.05, 0.1) is 23.4 Å². The molecule has 2 aliphatic carbocycles. The average molecular weight is 630 g/mol. The molecule has 2 fully saturated rings. The Hall–Kier alpha value is -3.71. The van der Waals surface area contributed by atoms with Crippen molar-refractivity contribution in [3.05, 3.63) is 47.2 Å². The molecule has 238 valence electrons. The van der Waals surface area contributed by atoms with Crippen molar-refractivity contribution in [1.29, 1.82) is 5.26 Å². The van der Waals surface area contributed by atoms with Gasteiger partial charge in [-0.05, 0) is 79.3 Å². The monoisotopic (exact) mass is 629 g/mol. The van der Waals surface area contributed by atoms with Crippen LogP contribution in [0.15, 0.2) is 35.4 Å². The van der Waals surface area contributed by atoms with E-state index < -0.39 is 11.9 Å². The largest absolute Gasteiger partial charge is 0.326 e. The van der Waals surface area contributed by atoms with Gasteiger partial charge in [-0.15, -0.1) is 0 Å². The molecule has 1 aromatic heterocycles. The summed E-state index contributed by atoms with van der Waals surface area (Å²) in [6, 6.07) is 9.80. The summed E-state index contributed by atoms with van der Waals surface area (Å²) in [5.41, 5.74) is 3.81. The van der Waals surface area contributed by atoms with Crippen LogP contribution in [0.4, 0.5) is 11.4 Å². The molecule has 4 amide bonds. The summed E-state index contributed by atoms with van der Waals surface area (Å²) in [6.45, 7) is 8.25. The van der Waals surface area contributed by atoms with Gasteiger partial charge < -0.3 is 10.2 Å². The maximum atomic E-state index is 14.0. The van der Waals surface area contributed by atoms with Crippen molar-refractivity contribution >= 4 is 46.8 Å². The van der Waals surface area contributed by atoms with E-state index in [1.807, 2.05) is 6.07 Å². The van der Waals surface area contributed by atoms with Crippen molar-refractivity contribution < 1.29 is 19.2 Å². The lowest BCUT2D eigenvalue weighted by Gasteiger charge is -2.37. The number of anilines is 2. The quantitative estimate of drug-likeness (QED) is 0.265. The first kappa shape index (κ1) is 32.7. The summed E-state index contributed by atoms with van der Waals surface area (Å²) in [6.07, 6.45) is 8.41. The van der Waals surface area contributed by atoms with Crippen LogP contribution in [-0.4, -0.2) is 51.3 Å². The van der Waals surface area contributed by atoms with Crippen molar-refractivity contribution in [3.8, 4) is 6.07 Å². The second kappa shape index (κ2) is 13.7. The van der Waals surface area contributed by atoms with E-state index >= 15 is 0 Å². The Labute approximate surface area is 270 Å². The van der Waals surface area contributed by atoms with Crippen molar-refractivity contribution in [1.82, 2.24) is 9.88 Å². The number of nitrogens with zero attached hydrogens (tertiary/aromatic N) is 4. The number of nitriles is 1. The van der Waals surface area contributed by atoms with Crippen LogP contribution in [0, 0.1) is 22.7 Å². The van der Waals surface area contributed by atoms with Gasteiger partial charge in [-0.3, -0.25) is 19.2 Å². The highest BCUT2D eigenvalue weighted by atomic mass is 32.2. The summed E-state index contributed by atoms with van der Waals surface area (Å²) in [4.78, 5) is 60.1. The second-order valence-corrected chi connectivity index (χ2v) is 14.2. The topological polar surface area (TPSA) is 123 Å². The highest BCUT2D eigenvalue weighted by Gasteiger charge is 2.46. The van der Waals surface area contributed by atoms with E-state index in [1.54, 1.807) is 29.2 Å². The van der Waals surface area contributed by atoms with Crippen LogP contribution >= 0.6 is 11.8 Å². The van der Waals surface area contributed by atoms with Gasteiger partial charge in [-0.25, -0.2) is 9.88 Å². The molecule has 3 aliphatic rings. The maximum Gasteiger partial charge on any atom is 0.257 e. The summed E-state index contributed by atoms with van der Waals surface area (Å²) >= 11 is 1.25. The van der Waals surface area contributed by atoms with Crippen molar-refractivity contribution in [2.75, 3.05) is 16.0 Å². The number of benzene rings is 1. The van der Waals surface area contributed by atoms with Gasteiger partial charge in [0.2, 0.25) is 17.7 Å². The number of carbonyl (C=O) groups excluding carboxylic acids is 4. The van der Waals surface area contributed by atoms with Crippen LogP contribution in [0.25, 0.3) is 0 Å². The zero-order chi connectivity index (χ0) is 32.3. The van der Waals surface area contributed by atoms with Crippen LogP contribution in [0.2, 0.25) is 0 Å². The molecule has 1 saturated carbocycles. The average Bonchev–Trinajstić information content (AvgIpc) is 3.32. The minimum atomic E-state index is -0.880. The van der Waals surface area contributed by atoms with E-state index in [0.717, 1.165) is 73.9 Å². The molecule has 2 aromatic rings. The molecule has 2 unspecified atom stereocenters. The third-order valence-electron chi connectivity index (χ3n) is 9.98. The van der Waals surface area contributed by atoms with Gasteiger partial charge in [0.15, 0.2) is 0 Å². The van der Waals surface area contributed by atoms with E-state index in [1.165, 1.54) is 18.7 Å². The Morgan fingerprint density at radius 1 is 1.11 bits per heavy atom. The van der Waals surface area contributed by atoms with Crippen LogP contribution in [0.5, 0.6) is 0 Å². The fourth-order valence-electron chi connectivity index (χ4n) is 6.99. The standard InChI is InChI=1S/C35H43N5O4S/c1-5-35(3,4)25-11-16-29-23(18-25)17-24(20-36)33(38-29)45-21-32(43)39(27-9-7-6-8-10-27)30-19-31(42)40(34(30)44)28-14-12-26(13-15-28)37-22(2)41/h12-15,17,25,27,30H,5-11,16,18-19,21H2,1-4H3,(H,37,41). The lowest BCUT2D eigenvalue weighted by molar-refractivity contribution is -0.139. The molecular weight excluding hydrogens is 586 g/mol. The van der Waals surface area contributed by atoms with Crippen molar-refractivity contribution in [2.45, 2.75) is 109 Å². The zero-order valence-electron chi connectivity index (χ0n) is 26.7. The predicted molar refractivity (Wildman–Crippen MR) is 175 cm³/mol. The number of aromatic nitrogens is 1. The molecule has 9 nitrogen and oxygen atoms in total. The summed E-state index contributed by atoms with van der Waals surface area (Å²) in [5, 5.41) is 13.2. The van der Waals surface area contributed by atoms with E-state index in [-0.39, 0.29) is 41.4 Å². The number of thioether (sulfide) groups is 1. The minimum Gasteiger partial charge on any atom is -0.326 e. The number of hydrogen-bond donors (Lipinski definition) is 1. The normalized spacial score (nSPS) is 20.5. The Bertz CT molecular complexity index is 1510. The molecule has 2 atom stereocenters. The van der Waals surface area contributed by atoms with Crippen LogP contribution in [0.1, 0.15) is 95.9 Å². The molecular formula is C35H43N5O4S. The SMILES string of the molecule is CCC(C)(C)C1CCc2nc(SCC(=O)N(C3CCCCC3)C3CC(=O)N(c4ccc(NC(C)=O)cc4)C3=O)c(C#N)cc2C1. The first-order chi connectivity index (χ1) is 21.5. The third-order valence-corrected chi connectivity index (χ3v) is 11.0. The van der Waals surface area contributed by atoms with Gasteiger partial charge >= 0.3 is 0 Å². The van der Waals surface area contributed by atoms with E-state index in [9.17, 15) is 24.4 Å². The van der Waals surface area contributed by atoms with Crippen molar-refractivity contribution in [3.63, 3.8) is 0 Å².